The summed E-state index contributed by atoms with van der Waals surface area (Å²) in [5.74, 6) is 0. The Bertz CT molecular complexity index is 654. The molecule has 0 amide bonds. The Morgan fingerprint density at radius 3 is 2.33 bits per heavy atom. The van der Waals surface area contributed by atoms with Crippen molar-refractivity contribution < 1.29 is 13.2 Å². The predicted octanol–water partition coefficient (Wildman–Crippen LogP) is 6.15. The summed E-state index contributed by atoms with van der Waals surface area (Å²) in [5.41, 5.74) is 1.04. The van der Waals surface area contributed by atoms with E-state index >= 15 is 0 Å². The first-order valence-corrected chi connectivity index (χ1v) is 7.71. The highest BCUT2D eigenvalue weighted by Gasteiger charge is 2.32. The first kappa shape index (κ1) is 16.4. The Morgan fingerprint density at radius 1 is 1.00 bits per heavy atom. The molecule has 2 rings (SSSR count). The van der Waals surface area contributed by atoms with Crippen molar-refractivity contribution in [2.24, 2.45) is 0 Å². The molecule has 0 radical (unpaired) electrons. The summed E-state index contributed by atoms with van der Waals surface area (Å²) < 4.78 is 40.4. The third-order valence-corrected chi connectivity index (χ3v) is 4.90. The van der Waals surface area contributed by atoms with Gasteiger partial charge in [-0.25, -0.2) is 0 Å². The molecule has 1 nitrogen and oxygen atoms in total. The zero-order valence-electron chi connectivity index (χ0n) is 11.1. The predicted molar refractivity (Wildman–Crippen MR) is 85.3 cm³/mol. The molecule has 2 aromatic rings. The van der Waals surface area contributed by atoms with E-state index in [1.807, 2.05) is 18.2 Å². The number of hydrogen-bond acceptors (Lipinski definition) is 1. The van der Waals surface area contributed by atoms with E-state index in [4.69, 9.17) is 0 Å². The van der Waals surface area contributed by atoms with Crippen molar-refractivity contribution in [2.75, 3.05) is 5.32 Å². The molecule has 0 saturated heterocycles. The summed E-state index contributed by atoms with van der Waals surface area (Å²) >= 11 is 6.77. The van der Waals surface area contributed by atoms with Crippen LogP contribution < -0.4 is 5.32 Å². The summed E-state index contributed by atoms with van der Waals surface area (Å²) in [6, 6.07) is 9.97. The van der Waals surface area contributed by atoms with Gasteiger partial charge in [0.15, 0.2) is 0 Å². The van der Waals surface area contributed by atoms with E-state index in [1.54, 1.807) is 6.07 Å². The number of hydrogen-bond donors (Lipinski definition) is 1. The summed E-state index contributed by atoms with van der Waals surface area (Å²) in [5, 5.41) is 3.01. The summed E-state index contributed by atoms with van der Waals surface area (Å²) in [6.45, 7) is 1.91. The van der Waals surface area contributed by atoms with Gasteiger partial charge in [0, 0.05) is 21.2 Å². The zero-order chi connectivity index (χ0) is 15.6. The van der Waals surface area contributed by atoms with E-state index in [0.717, 1.165) is 20.6 Å². The molecular weight excluding hydrogens is 411 g/mol. The van der Waals surface area contributed by atoms with Crippen molar-refractivity contribution >= 4 is 37.5 Å². The van der Waals surface area contributed by atoms with Gasteiger partial charge in [0.1, 0.15) is 0 Å². The van der Waals surface area contributed by atoms with E-state index in [0.29, 0.717) is 12.2 Å². The van der Waals surface area contributed by atoms with Crippen LogP contribution in [0.2, 0.25) is 0 Å². The van der Waals surface area contributed by atoms with Crippen molar-refractivity contribution in [3.63, 3.8) is 0 Å². The van der Waals surface area contributed by atoms with Crippen molar-refractivity contribution in [2.45, 2.75) is 19.6 Å². The molecule has 21 heavy (non-hydrogen) atoms. The Kier molecular flexibility index (Phi) is 4.99. The molecule has 0 heterocycles. The fraction of sp³-hybridized carbons (Fsp3) is 0.200. The maximum Gasteiger partial charge on any atom is 0.416 e. The quantitative estimate of drug-likeness (QED) is 0.625. The molecule has 6 heteroatoms. The fourth-order valence-electron chi connectivity index (χ4n) is 1.89. The van der Waals surface area contributed by atoms with Gasteiger partial charge in [0.05, 0.1) is 5.56 Å². The Morgan fingerprint density at radius 2 is 1.71 bits per heavy atom. The van der Waals surface area contributed by atoms with Gasteiger partial charge in [-0.05, 0) is 74.2 Å². The smallest absolute Gasteiger partial charge is 0.381 e. The van der Waals surface area contributed by atoms with Crippen LogP contribution in [0.1, 0.15) is 16.7 Å². The van der Waals surface area contributed by atoms with E-state index in [1.165, 1.54) is 13.0 Å². The van der Waals surface area contributed by atoms with Crippen molar-refractivity contribution in [3.05, 3.63) is 62.0 Å². The fourth-order valence-corrected chi connectivity index (χ4v) is 2.56. The second kappa shape index (κ2) is 6.40. The van der Waals surface area contributed by atoms with Crippen LogP contribution in [0, 0.1) is 6.92 Å². The molecule has 1 N–H and O–H groups in total. The lowest BCUT2D eigenvalue weighted by Crippen LogP contribution is -2.09. The molecule has 0 bridgehead atoms. The van der Waals surface area contributed by atoms with Crippen LogP contribution in [-0.4, -0.2) is 0 Å². The van der Waals surface area contributed by atoms with Crippen LogP contribution >= 0.6 is 31.9 Å². The van der Waals surface area contributed by atoms with E-state index in [9.17, 15) is 13.2 Å². The van der Waals surface area contributed by atoms with Crippen molar-refractivity contribution in [1.82, 2.24) is 0 Å². The molecule has 2 aromatic carbocycles. The Balaban J connectivity index is 2.15. The normalized spacial score (nSPS) is 11.5. The molecular formula is C15H12Br2F3N. The van der Waals surface area contributed by atoms with Crippen molar-refractivity contribution in [3.8, 4) is 0 Å². The number of anilines is 1. The Hall–Kier alpha value is -1.01. The molecule has 0 fully saturated rings. The van der Waals surface area contributed by atoms with Gasteiger partial charge >= 0.3 is 6.18 Å². The lowest BCUT2D eigenvalue weighted by molar-refractivity contribution is -0.138. The lowest BCUT2D eigenvalue weighted by Gasteiger charge is -2.13. The highest BCUT2D eigenvalue weighted by atomic mass is 79.9. The minimum absolute atomic E-state index is 0.222. The van der Waals surface area contributed by atoms with Crippen LogP contribution in [0.25, 0.3) is 0 Å². The monoisotopic (exact) mass is 421 g/mol. The van der Waals surface area contributed by atoms with Crippen LogP contribution in [0.3, 0.4) is 0 Å². The maximum absolute atomic E-state index is 12.9. The zero-order valence-corrected chi connectivity index (χ0v) is 14.2. The summed E-state index contributed by atoms with van der Waals surface area (Å²) in [4.78, 5) is 0. The maximum atomic E-state index is 12.9. The summed E-state index contributed by atoms with van der Waals surface area (Å²) in [6.07, 6.45) is -4.33. The first-order valence-electron chi connectivity index (χ1n) is 6.13. The highest BCUT2D eigenvalue weighted by Crippen LogP contribution is 2.33. The van der Waals surface area contributed by atoms with Crippen molar-refractivity contribution in [1.29, 1.82) is 0 Å². The van der Waals surface area contributed by atoms with Gasteiger partial charge in [0.2, 0.25) is 0 Å². The average Bonchev–Trinajstić information content (AvgIpc) is 2.40. The molecule has 0 aliphatic carbocycles. The third-order valence-electron chi connectivity index (χ3n) is 3.02. The molecule has 0 saturated carbocycles. The second-order valence-corrected chi connectivity index (χ2v) is 6.34. The standard InChI is InChI=1S/C15H12Br2F3N/c1-9-2-4-11(7-12(9)15(18,19)20)21-8-10-3-5-13(16)14(17)6-10/h2-7,21H,8H2,1H3. The minimum Gasteiger partial charge on any atom is -0.381 e. The van der Waals surface area contributed by atoms with E-state index in [2.05, 4.69) is 37.2 Å². The molecule has 0 aliphatic heterocycles. The van der Waals surface area contributed by atoms with Gasteiger partial charge in [0.25, 0.3) is 0 Å². The van der Waals surface area contributed by atoms with Crippen LogP contribution in [-0.2, 0) is 12.7 Å². The molecule has 0 aromatic heterocycles. The lowest BCUT2D eigenvalue weighted by atomic mass is 10.1. The van der Waals surface area contributed by atoms with E-state index in [-0.39, 0.29) is 5.56 Å². The number of alkyl halides is 3. The van der Waals surface area contributed by atoms with Gasteiger partial charge in [-0.2, -0.15) is 13.2 Å². The van der Waals surface area contributed by atoms with Crippen LogP contribution in [0.5, 0.6) is 0 Å². The number of rotatable bonds is 3. The summed E-state index contributed by atoms with van der Waals surface area (Å²) in [7, 11) is 0. The number of halogens is 5. The molecule has 0 atom stereocenters. The van der Waals surface area contributed by atoms with Crippen LogP contribution in [0.4, 0.5) is 18.9 Å². The van der Waals surface area contributed by atoms with E-state index < -0.39 is 11.7 Å². The van der Waals surface area contributed by atoms with Gasteiger partial charge in [-0.3, -0.25) is 0 Å². The minimum atomic E-state index is -4.33. The van der Waals surface area contributed by atoms with Gasteiger partial charge in [-0.15, -0.1) is 0 Å². The highest BCUT2D eigenvalue weighted by molar-refractivity contribution is 9.13. The second-order valence-electron chi connectivity index (χ2n) is 4.63. The SMILES string of the molecule is Cc1ccc(NCc2ccc(Br)c(Br)c2)cc1C(F)(F)F. The number of aryl methyl sites for hydroxylation is 1. The molecule has 0 aliphatic rings. The largest absolute Gasteiger partial charge is 0.416 e. The third kappa shape index (κ3) is 4.23. The molecule has 112 valence electrons. The van der Waals surface area contributed by atoms with Gasteiger partial charge in [-0.1, -0.05) is 12.1 Å². The Labute approximate surface area is 137 Å². The molecule has 0 unspecified atom stereocenters. The number of nitrogens with one attached hydrogen (secondary N) is 1. The number of benzene rings is 2. The topological polar surface area (TPSA) is 12.0 Å². The average molecular weight is 423 g/mol. The molecule has 0 spiro atoms. The first-order chi connectivity index (χ1) is 9.77. The van der Waals surface area contributed by atoms with Gasteiger partial charge < -0.3 is 5.32 Å². The van der Waals surface area contributed by atoms with Crippen LogP contribution in [0.15, 0.2) is 45.3 Å².